The maximum absolute atomic E-state index is 5.15. The Kier molecular flexibility index (Phi) is 6.21. The summed E-state index contributed by atoms with van der Waals surface area (Å²) in [5.41, 5.74) is 7.18. The molecular formula is C41H30N6. The number of hydrogen-bond donors (Lipinski definition) is 0. The summed E-state index contributed by atoms with van der Waals surface area (Å²) in [4.78, 5) is 19.8. The molecule has 9 aromatic rings. The molecule has 9 rings (SSSR count). The minimum Gasteiger partial charge on any atom is -0.309 e. The molecule has 0 aliphatic rings. The first-order chi connectivity index (χ1) is 23.2. The maximum Gasteiger partial charge on any atom is 0.238 e. The molecule has 6 heteroatoms. The Balaban J connectivity index is 1.45. The van der Waals surface area contributed by atoms with Crippen molar-refractivity contribution in [3.8, 4) is 28.9 Å². The summed E-state index contributed by atoms with van der Waals surface area (Å²) < 4.78 is 4.60. The molecule has 0 saturated heterocycles. The first-order valence-electron chi connectivity index (χ1n) is 16.0. The van der Waals surface area contributed by atoms with Crippen LogP contribution in [0.4, 0.5) is 0 Å². The zero-order valence-electron chi connectivity index (χ0n) is 26.1. The topological polar surface area (TPSA) is 61.4 Å². The van der Waals surface area contributed by atoms with Crippen molar-refractivity contribution in [1.82, 2.24) is 29.1 Å². The number of rotatable bonds is 6. The Morgan fingerprint density at radius 1 is 0.660 bits per heavy atom. The lowest BCUT2D eigenvalue weighted by Crippen LogP contribution is -2.07. The molecule has 0 saturated carbocycles. The van der Waals surface area contributed by atoms with Crippen molar-refractivity contribution in [3.63, 3.8) is 0 Å². The van der Waals surface area contributed by atoms with Gasteiger partial charge in [0.15, 0.2) is 11.6 Å². The zero-order valence-corrected chi connectivity index (χ0v) is 26.1. The molecule has 4 heterocycles. The number of hydrogen-bond acceptors (Lipinski definition) is 4. The van der Waals surface area contributed by atoms with E-state index in [0.29, 0.717) is 23.3 Å². The SMILES string of the molecule is C/C=C(\C=C/CC)n1c2ccccc2c2c3ccc4cccc5c4c3c(cc21)n5-c1nc(-c2ccccc2)nc(-c2ccccn2)n1. The van der Waals surface area contributed by atoms with Gasteiger partial charge >= 0.3 is 0 Å². The van der Waals surface area contributed by atoms with Crippen LogP contribution in [0.2, 0.25) is 0 Å². The zero-order chi connectivity index (χ0) is 31.5. The van der Waals surface area contributed by atoms with Gasteiger partial charge in [-0.1, -0.05) is 97.9 Å². The average molecular weight is 607 g/mol. The molecule has 5 aromatic carbocycles. The van der Waals surface area contributed by atoms with E-state index in [9.17, 15) is 0 Å². The summed E-state index contributed by atoms with van der Waals surface area (Å²) >= 11 is 0. The highest BCUT2D eigenvalue weighted by Crippen LogP contribution is 2.45. The Labute approximate surface area is 271 Å². The molecule has 0 N–H and O–H groups in total. The summed E-state index contributed by atoms with van der Waals surface area (Å²) in [6.07, 6.45) is 9.37. The highest BCUT2D eigenvalue weighted by Gasteiger charge is 2.24. The van der Waals surface area contributed by atoms with E-state index in [1.807, 2.05) is 48.5 Å². The average Bonchev–Trinajstić information content (AvgIpc) is 3.65. The Morgan fingerprint density at radius 3 is 2.30 bits per heavy atom. The summed E-state index contributed by atoms with van der Waals surface area (Å²) in [6, 6.07) is 37.9. The second kappa shape index (κ2) is 10.7. The van der Waals surface area contributed by atoms with Gasteiger partial charge in [-0.2, -0.15) is 9.97 Å². The number of aromatic nitrogens is 6. The molecule has 6 nitrogen and oxygen atoms in total. The van der Waals surface area contributed by atoms with E-state index in [0.717, 1.165) is 34.2 Å². The second-order valence-corrected chi connectivity index (χ2v) is 11.7. The maximum atomic E-state index is 5.15. The van der Waals surface area contributed by atoms with Gasteiger partial charge in [-0.05, 0) is 60.5 Å². The van der Waals surface area contributed by atoms with Gasteiger partial charge in [0.2, 0.25) is 5.95 Å². The van der Waals surface area contributed by atoms with Crippen LogP contribution in [-0.4, -0.2) is 29.1 Å². The Hall–Kier alpha value is -6.14. The molecule has 224 valence electrons. The van der Waals surface area contributed by atoms with Gasteiger partial charge < -0.3 is 4.57 Å². The first-order valence-corrected chi connectivity index (χ1v) is 16.0. The highest BCUT2D eigenvalue weighted by atomic mass is 15.2. The number of fused-ring (bicyclic) bond motifs is 4. The minimum atomic E-state index is 0.532. The van der Waals surface area contributed by atoms with Crippen molar-refractivity contribution < 1.29 is 0 Å². The molecule has 0 spiro atoms. The fourth-order valence-electron chi connectivity index (χ4n) is 7.03. The Bertz CT molecular complexity index is 2600. The van der Waals surface area contributed by atoms with Crippen molar-refractivity contribution in [2.45, 2.75) is 20.3 Å². The van der Waals surface area contributed by atoms with Crippen LogP contribution in [0.5, 0.6) is 0 Å². The van der Waals surface area contributed by atoms with Crippen LogP contribution >= 0.6 is 0 Å². The second-order valence-electron chi connectivity index (χ2n) is 11.7. The molecule has 47 heavy (non-hydrogen) atoms. The van der Waals surface area contributed by atoms with Crippen molar-refractivity contribution in [3.05, 3.63) is 134 Å². The molecule has 0 fully saturated rings. The van der Waals surface area contributed by atoms with E-state index in [4.69, 9.17) is 15.0 Å². The van der Waals surface area contributed by atoms with Crippen molar-refractivity contribution in [1.29, 1.82) is 0 Å². The van der Waals surface area contributed by atoms with Crippen molar-refractivity contribution in [2.24, 2.45) is 0 Å². The molecule has 0 atom stereocenters. The van der Waals surface area contributed by atoms with Crippen molar-refractivity contribution >= 4 is 60.1 Å². The van der Waals surface area contributed by atoms with E-state index in [-0.39, 0.29) is 0 Å². The molecule has 0 amide bonds. The third kappa shape index (κ3) is 4.11. The lowest BCUT2D eigenvalue weighted by Gasteiger charge is -2.12. The molecule has 0 radical (unpaired) electrons. The van der Waals surface area contributed by atoms with Gasteiger partial charge in [-0.15, -0.1) is 0 Å². The monoisotopic (exact) mass is 606 g/mol. The fourth-order valence-corrected chi connectivity index (χ4v) is 7.03. The quantitative estimate of drug-likeness (QED) is 0.140. The summed E-state index contributed by atoms with van der Waals surface area (Å²) in [7, 11) is 0. The standard InChI is InChI=1S/C41H30N6/c1-3-5-17-28(4-2)46-32-20-10-9-18-29(32)37-30-23-22-26-16-13-21-33-36(26)38(30)35(25-34(37)46)47(33)41-44-39(27-14-7-6-8-15-27)43-40(45-41)31-19-11-12-24-42-31/h4-25H,3H2,1-2H3/b17-5-,28-4+. The van der Waals surface area contributed by atoms with Gasteiger partial charge in [0.1, 0.15) is 5.69 Å². The highest BCUT2D eigenvalue weighted by molar-refractivity contribution is 6.33. The van der Waals surface area contributed by atoms with Crippen molar-refractivity contribution in [2.75, 3.05) is 0 Å². The fraction of sp³-hybridized carbons (Fsp3) is 0.0732. The number of allylic oxidation sites excluding steroid dienone is 4. The smallest absolute Gasteiger partial charge is 0.238 e. The third-order valence-corrected chi connectivity index (χ3v) is 9.04. The van der Waals surface area contributed by atoms with E-state index in [1.54, 1.807) is 6.20 Å². The number of pyridine rings is 1. The van der Waals surface area contributed by atoms with Gasteiger partial charge in [0, 0.05) is 39.0 Å². The molecule has 0 bridgehead atoms. The normalized spacial score (nSPS) is 12.6. The summed E-state index contributed by atoms with van der Waals surface area (Å²) in [5, 5.41) is 7.29. The molecular weight excluding hydrogens is 576 g/mol. The van der Waals surface area contributed by atoms with Crippen LogP contribution in [0.1, 0.15) is 20.3 Å². The van der Waals surface area contributed by atoms with Gasteiger partial charge in [-0.25, -0.2) is 4.98 Å². The van der Waals surface area contributed by atoms with Gasteiger partial charge in [0.25, 0.3) is 0 Å². The minimum absolute atomic E-state index is 0.532. The third-order valence-electron chi connectivity index (χ3n) is 9.04. The summed E-state index contributed by atoms with van der Waals surface area (Å²) in [6.45, 7) is 4.28. The van der Waals surface area contributed by atoms with Crippen LogP contribution in [0, 0.1) is 0 Å². The van der Waals surface area contributed by atoms with Gasteiger partial charge in [0.05, 0.1) is 22.1 Å². The van der Waals surface area contributed by atoms with Crippen LogP contribution in [0.3, 0.4) is 0 Å². The number of benzene rings is 5. The number of nitrogens with zero attached hydrogens (tertiary/aromatic N) is 6. The largest absolute Gasteiger partial charge is 0.309 e. The molecule has 0 aliphatic carbocycles. The Morgan fingerprint density at radius 2 is 1.47 bits per heavy atom. The van der Waals surface area contributed by atoms with Crippen LogP contribution in [0.15, 0.2) is 134 Å². The van der Waals surface area contributed by atoms with E-state index in [1.165, 1.54) is 37.8 Å². The molecule has 4 aromatic heterocycles. The van der Waals surface area contributed by atoms with Crippen LogP contribution in [0.25, 0.3) is 88.9 Å². The lowest BCUT2D eigenvalue weighted by atomic mass is 9.98. The lowest BCUT2D eigenvalue weighted by molar-refractivity contribution is 0.948. The molecule has 0 unspecified atom stereocenters. The first kappa shape index (κ1) is 27.2. The van der Waals surface area contributed by atoms with Crippen LogP contribution in [-0.2, 0) is 0 Å². The van der Waals surface area contributed by atoms with Gasteiger partial charge in [-0.3, -0.25) is 9.55 Å². The summed E-state index contributed by atoms with van der Waals surface area (Å²) in [5.74, 6) is 1.69. The van der Waals surface area contributed by atoms with E-state index >= 15 is 0 Å². The van der Waals surface area contributed by atoms with E-state index < -0.39 is 0 Å². The predicted octanol–water partition coefficient (Wildman–Crippen LogP) is 10.2. The molecule has 0 aliphatic heterocycles. The predicted molar refractivity (Wildman–Crippen MR) is 194 cm³/mol. The number of para-hydroxylation sites is 1. The van der Waals surface area contributed by atoms with Crippen LogP contribution < -0.4 is 0 Å². The van der Waals surface area contributed by atoms with E-state index in [2.05, 4.69) is 107 Å².